The molecule has 1 aromatic heterocycles. The van der Waals surface area contributed by atoms with E-state index in [4.69, 9.17) is 5.73 Å². The Bertz CT molecular complexity index is 674. The maximum Gasteiger partial charge on any atom is 0.272 e. The molecule has 20 heavy (non-hydrogen) atoms. The largest absolute Gasteiger partial charge is 0.397 e. The number of aryl methyl sites for hydroxylation is 1. The van der Waals surface area contributed by atoms with Gasteiger partial charge in [0, 0.05) is 22.4 Å². The average Bonchev–Trinajstić information content (AvgIpc) is 3.17. The summed E-state index contributed by atoms with van der Waals surface area (Å²) in [6, 6.07) is 7.99. The van der Waals surface area contributed by atoms with Crippen molar-refractivity contribution in [1.82, 2.24) is 4.57 Å². The van der Waals surface area contributed by atoms with Gasteiger partial charge in [0.25, 0.3) is 5.91 Å². The minimum atomic E-state index is -0.116. The van der Waals surface area contributed by atoms with Crippen LogP contribution in [0.2, 0.25) is 0 Å². The first-order valence-corrected chi connectivity index (χ1v) is 7.39. The molecule has 5 heteroatoms. The number of nitrogens with one attached hydrogen (secondary N) is 1. The molecule has 0 aliphatic heterocycles. The van der Waals surface area contributed by atoms with Gasteiger partial charge in [-0.2, -0.15) is 0 Å². The summed E-state index contributed by atoms with van der Waals surface area (Å²) in [5.74, 6) is -0.116. The molecule has 0 bridgehead atoms. The molecule has 1 amide bonds. The number of aromatic nitrogens is 1. The van der Waals surface area contributed by atoms with E-state index >= 15 is 0 Å². The molecular weight excluding hydrogens is 318 g/mol. The first-order valence-electron chi connectivity index (χ1n) is 6.59. The van der Waals surface area contributed by atoms with Crippen molar-refractivity contribution in [1.29, 1.82) is 0 Å². The van der Waals surface area contributed by atoms with Gasteiger partial charge in [0.1, 0.15) is 5.69 Å². The van der Waals surface area contributed by atoms with Gasteiger partial charge in [-0.15, -0.1) is 0 Å². The predicted octanol–water partition coefficient (Wildman–Crippen LogP) is 3.73. The van der Waals surface area contributed by atoms with Gasteiger partial charge in [-0.1, -0.05) is 22.0 Å². The summed E-state index contributed by atoms with van der Waals surface area (Å²) in [5, 5.41) is 2.96. The summed E-state index contributed by atoms with van der Waals surface area (Å²) in [7, 11) is 0. The first-order chi connectivity index (χ1) is 9.54. The highest BCUT2D eigenvalue weighted by molar-refractivity contribution is 9.10. The van der Waals surface area contributed by atoms with Crippen molar-refractivity contribution in [2.75, 3.05) is 11.1 Å². The molecule has 104 valence electrons. The summed E-state index contributed by atoms with van der Waals surface area (Å²) < 4.78 is 2.92. The van der Waals surface area contributed by atoms with Gasteiger partial charge < -0.3 is 15.6 Å². The number of halogens is 1. The summed E-state index contributed by atoms with van der Waals surface area (Å²) in [6.07, 6.45) is 4.08. The second kappa shape index (κ2) is 4.98. The zero-order valence-corrected chi connectivity index (χ0v) is 12.8. The zero-order chi connectivity index (χ0) is 14.3. The molecular formula is C15H16BrN3O. The quantitative estimate of drug-likeness (QED) is 0.898. The van der Waals surface area contributed by atoms with Crippen LogP contribution in [-0.4, -0.2) is 10.5 Å². The van der Waals surface area contributed by atoms with Crippen LogP contribution in [-0.2, 0) is 0 Å². The number of benzene rings is 1. The number of hydrogen-bond donors (Lipinski definition) is 2. The maximum absolute atomic E-state index is 12.4. The second-order valence-electron chi connectivity index (χ2n) is 5.21. The molecule has 1 fully saturated rings. The number of nitrogens with two attached hydrogens (primary N) is 1. The molecule has 0 radical (unpaired) electrons. The van der Waals surface area contributed by atoms with Crippen LogP contribution in [0.25, 0.3) is 0 Å². The van der Waals surface area contributed by atoms with Crippen molar-refractivity contribution in [2.45, 2.75) is 25.8 Å². The van der Waals surface area contributed by atoms with Crippen LogP contribution in [0.15, 0.2) is 34.9 Å². The third-order valence-corrected chi connectivity index (χ3v) is 3.98. The lowest BCUT2D eigenvalue weighted by Gasteiger charge is -2.11. The number of amides is 1. The molecule has 0 unspecified atom stereocenters. The zero-order valence-electron chi connectivity index (χ0n) is 11.2. The number of carbonyl (C=O) groups is 1. The fourth-order valence-corrected chi connectivity index (χ4v) is 2.61. The Hall–Kier alpha value is -1.75. The lowest BCUT2D eigenvalue weighted by molar-refractivity contribution is 0.101. The van der Waals surface area contributed by atoms with E-state index in [-0.39, 0.29) is 5.91 Å². The van der Waals surface area contributed by atoms with Gasteiger partial charge in [-0.25, -0.2) is 0 Å². The summed E-state index contributed by atoms with van der Waals surface area (Å²) in [6.45, 7) is 1.97. The van der Waals surface area contributed by atoms with E-state index in [1.165, 1.54) is 0 Å². The molecule has 0 atom stereocenters. The number of carbonyl (C=O) groups excluding carboxylic acids is 1. The van der Waals surface area contributed by atoms with Crippen molar-refractivity contribution in [3.05, 3.63) is 46.2 Å². The predicted molar refractivity (Wildman–Crippen MR) is 83.9 cm³/mol. The van der Waals surface area contributed by atoms with Crippen molar-refractivity contribution in [3.63, 3.8) is 0 Å². The normalized spacial score (nSPS) is 14.3. The van der Waals surface area contributed by atoms with Gasteiger partial charge in [-0.3, -0.25) is 4.79 Å². The first kappa shape index (κ1) is 13.2. The SMILES string of the molecule is Cc1ccc(Br)cc1NC(=O)c1cc(N)cn1C1CC1. The van der Waals surface area contributed by atoms with E-state index in [1.807, 2.05) is 35.9 Å². The summed E-state index contributed by atoms with van der Waals surface area (Å²) in [4.78, 5) is 12.4. The lowest BCUT2D eigenvalue weighted by atomic mass is 10.2. The van der Waals surface area contributed by atoms with Gasteiger partial charge in [0.05, 0.1) is 5.69 Å². The Balaban J connectivity index is 1.87. The third kappa shape index (κ3) is 2.58. The molecule has 1 aliphatic carbocycles. The molecule has 1 aliphatic rings. The third-order valence-electron chi connectivity index (χ3n) is 3.49. The van der Waals surface area contributed by atoms with E-state index < -0.39 is 0 Å². The van der Waals surface area contributed by atoms with Crippen LogP contribution in [0.3, 0.4) is 0 Å². The van der Waals surface area contributed by atoms with Gasteiger partial charge in [-0.05, 0) is 43.5 Å². The highest BCUT2D eigenvalue weighted by Gasteiger charge is 2.27. The van der Waals surface area contributed by atoms with E-state index in [0.717, 1.165) is 28.6 Å². The second-order valence-corrected chi connectivity index (χ2v) is 6.13. The summed E-state index contributed by atoms with van der Waals surface area (Å²) >= 11 is 3.42. The van der Waals surface area contributed by atoms with Gasteiger partial charge in [0.2, 0.25) is 0 Å². The number of rotatable bonds is 3. The minimum absolute atomic E-state index is 0.116. The van der Waals surface area contributed by atoms with Crippen LogP contribution in [0, 0.1) is 6.92 Å². The highest BCUT2D eigenvalue weighted by Crippen LogP contribution is 2.37. The molecule has 2 aromatic rings. The van der Waals surface area contributed by atoms with Crippen LogP contribution >= 0.6 is 15.9 Å². The van der Waals surface area contributed by atoms with Gasteiger partial charge >= 0.3 is 0 Å². The van der Waals surface area contributed by atoms with Crippen LogP contribution in [0.4, 0.5) is 11.4 Å². The van der Waals surface area contributed by atoms with Crippen molar-refractivity contribution in [3.8, 4) is 0 Å². The average molecular weight is 334 g/mol. The number of hydrogen-bond acceptors (Lipinski definition) is 2. The molecule has 3 rings (SSSR count). The van der Waals surface area contributed by atoms with E-state index in [9.17, 15) is 4.79 Å². The Morgan fingerprint density at radius 3 is 2.85 bits per heavy atom. The lowest BCUT2D eigenvalue weighted by Crippen LogP contribution is -2.17. The number of nitrogens with zero attached hydrogens (tertiary/aromatic N) is 1. The number of nitrogen functional groups attached to an aromatic ring is 1. The van der Waals surface area contributed by atoms with E-state index in [0.29, 0.717) is 17.4 Å². The van der Waals surface area contributed by atoms with E-state index in [1.54, 1.807) is 6.07 Å². The fourth-order valence-electron chi connectivity index (χ4n) is 2.25. The number of anilines is 2. The molecule has 0 spiro atoms. The smallest absolute Gasteiger partial charge is 0.272 e. The highest BCUT2D eigenvalue weighted by atomic mass is 79.9. The Morgan fingerprint density at radius 1 is 1.40 bits per heavy atom. The van der Waals surface area contributed by atoms with Crippen LogP contribution < -0.4 is 11.1 Å². The molecule has 3 N–H and O–H groups in total. The van der Waals surface area contributed by atoms with Crippen molar-refractivity contribution < 1.29 is 4.79 Å². The molecule has 0 saturated heterocycles. The Labute approximate surface area is 126 Å². The van der Waals surface area contributed by atoms with Crippen molar-refractivity contribution in [2.24, 2.45) is 0 Å². The Morgan fingerprint density at radius 2 is 2.15 bits per heavy atom. The summed E-state index contributed by atoms with van der Waals surface area (Å²) in [5.41, 5.74) is 8.92. The fraction of sp³-hybridized carbons (Fsp3) is 0.267. The monoisotopic (exact) mass is 333 g/mol. The van der Waals surface area contributed by atoms with E-state index in [2.05, 4.69) is 21.2 Å². The van der Waals surface area contributed by atoms with Crippen LogP contribution in [0.1, 0.15) is 34.9 Å². The van der Waals surface area contributed by atoms with Crippen molar-refractivity contribution >= 4 is 33.2 Å². The Kier molecular flexibility index (Phi) is 3.30. The molecule has 1 heterocycles. The molecule has 1 aromatic carbocycles. The molecule has 1 saturated carbocycles. The standard InChI is InChI=1S/C15H16BrN3O/c1-9-2-3-10(16)6-13(9)18-15(20)14-7-11(17)8-19(14)12-4-5-12/h2-3,6-8,12H,4-5,17H2,1H3,(H,18,20). The minimum Gasteiger partial charge on any atom is -0.397 e. The topological polar surface area (TPSA) is 60.1 Å². The maximum atomic E-state index is 12.4. The van der Waals surface area contributed by atoms with Crippen LogP contribution in [0.5, 0.6) is 0 Å². The van der Waals surface area contributed by atoms with Gasteiger partial charge in [0.15, 0.2) is 0 Å². The molecule has 4 nitrogen and oxygen atoms in total.